The van der Waals surface area contributed by atoms with E-state index >= 15 is 0 Å². The molecule has 5 nitrogen and oxygen atoms in total. The zero-order chi connectivity index (χ0) is 14.6. The molecule has 19 heavy (non-hydrogen) atoms. The Balaban J connectivity index is 2.88. The van der Waals surface area contributed by atoms with Crippen LogP contribution in [0.1, 0.15) is 52.9 Å². The summed E-state index contributed by atoms with van der Waals surface area (Å²) in [6.45, 7) is 5.31. The monoisotopic (exact) mass is 270 g/mol. The maximum Gasteiger partial charge on any atom is 0.323 e. The van der Waals surface area contributed by atoms with Gasteiger partial charge in [-0.2, -0.15) is 0 Å². The van der Waals surface area contributed by atoms with Gasteiger partial charge in [-0.05, 0) is 33.6 Å². The fourth-order valence-corrected chi connectivity index (χ4v) is 2.62. The van der Waals surface area contributed by atoms with Crippen molar-refractivity contribution in [1.82, 2.24) is 4.90 Å². The van der Waals surface area contributed by atoms with Crippen molar-refractivity contribution in [3.8, 4) is 0 Å². The first-order valence-electron chi connectivity index (χ1n) is 7.02. The number of carbonyl (C=O) groups is 2. The molecule has 1 saturated carbocycles. The number of carboxylic acid groups (broad SMARTS) is 1. The van der Waals surface area contributed by atoms with Crippen LogP contribution in [0.15, 0.2) is 0 Å². The van der Waals surface area contributed by atoms with E-state index in [1.54, 1.807) is 0 Å². The second-order valence-corrected chi connectivity index (χ2v) is 6.40. The van der Waals surface area contributed by atoms with Gasteiger partial charge in [0, 0.05) is 11.6 Å². The maximum atomic E-state index is 12.6. The number of nitrogens with zero attached hydrogens (tertiary/aromatic N) is 1. The van der Waals surface area contributed by atoms with Gasteiger partial charge in [-0.15, -0.1) is 0 Å². The second kappa shape index (κ2) is 6.37. The van der Waals surface area contributed by atoms with Gasteiger partial charge in [-0.3, -0.25) is 9.59 Å². The molecule has 1 fully saturated rings. The first kappa shape index (κ1) is 16.0. The molecule has 0 aromatic rings. The molecule has 0 heterocycles. The smallest absolute Gasteiger partial charge is 0.323 e. The van der Waals surface area contributed by atoms with E-state index in [0.717, 1.165) is 32.1 Å². The number of hydrogen-bond acceptors (Lipinski definition) is 3. The third kappa shape index (κ3) is 4.49. The average molecular weight is 270 g/mol. The number of hydrogen-bond donors (Lipinski definition) is 2. The van der Waals surface area contributed by atoms with Crippen LogP contribution in [0, 0.1) is 5.92 Å². The molecule has 2 atom stereocenters. The predicted molar refractivity (Wildman–Crippen MR) is 73.7 cm³/mol. The Morgan fingerprint density at radius 2 is 1.79 bits per heavy atom. The Hall–Kier alpha value is -1.10. The molecule has 5 heteroatoms. The Morgan fingerprint density at radius 3 is 2.32 bits per heavy atom. The molecule has 1 amide bonds. The maximum absolute atomic E-state index is 12.6. The topological polar surface area (TPSA) is 83.6 Å². The van der Waals surface area contributed by atoms with Crippen LogP contribution in [0.5, 0.6) is 0 Å². The van der Waals surface area contributed by atoms with Gasteiger partial charge in [0.15, 0.2) is 0 Å². The first-order chi connectivity index (χ1) is 8.73. The van der Waals surface area contributed by atoms with E-state index in [9.17, 15) is 9.59 Å². The van der Waals surface area contributed by atoms with Crippen molar-refractivity contribution in [3.05, 3.63) is 0 Å². The molecule has 0 aromatic heterocycles. The molecular formula is C14H26N2O3. The molecule has 110 valence electrons. The minimum Gasteiger partial charge on any atom is -0.480 e. The van der Waals surface area contributed by atoms with Crippen LogP contribution in [0.2, 0.25) is 0 Å². The van der Waals surface area contributed by atoms with E-state index in [1.807, 2.05) is 20.8 Å². The van der Waals surface area contributed by atoms with E-state index in [0.29, 0.717) is 0 Å². The summed E-state index contributed by atoms with van der Waals surface area (Å²) in [5.74, 6) is -1.32. The fraction of sp³-hybridized carbons (Fsp3) is 0.857. The van der Waals surface area contributed by atoms with E-state index < -0.39 is 11.5 Å². The largest absolute Gasteiger partial charge is 0.480 e. The van der Waals surface area contributed by atoms with Gasteiger partial charge in [-0.1, -0.05) is 19.3 Å². The minimum absolute atomic E-state index is 0.107. The normalized spacial score (nSPS) is 24.6. The van der Waals surface area contributed by atoms with E-state index in [4.69, 9.17) is 10.8 Å². The number of rotatable bonds is 3. The van der Waals surface area contributed by atoms with Gasteiger partial charge in [-0.25, -0.2) is 0 Å². The molecule has 0 spiro atoms. The lowest BCUT2D eigenvalue weighted by molar-refractivity contribution is -0.151. The third-order valence-corrected chi connectivity index (χ3v) is 3.76. The lowest BCUT2D eigenvalue weighted by Crippen LogP contribution is -2.53. The number of aliphatic carboxylic acids is 1. The number of amides is 1. The SMILES string of the molecule is CC(C)(C)N(CC(=O)O)C(=O)C1CCCCCC1N. The Labute approximate surface area is 115 Å². The highest BCUT2D eigenvalue weighted by Crippen LogP contribution is 2.26. The zero-order valence-corrected chi connectivity index (χ0v) is 12.2. The van der Waals surface area contributed by atoms with E-state index in [1.165, 1.54) is 4.90 Å². The summed E-state index contributed by atoms with van der Waals surface area (Å²) < 4.78 is 0. The summed E-state index contributed by atoms with van der Waals surface area (Å²) in [5, 5.41) is 8.99. The van der Waals surface area contributed by atoms with Crippen molar-refractivity contribution in [2.24, 2.45) is 11.7 Å². The lowest BCUT2D eigenvalue weighted by atomic mass is 9.92. The van der Waals surface area contributed by atoms with Gasteiger partial charge in [0.2, 0.25) is 5.91 Å². The Kier molecular flexibility index (Phi) is 5.35. The first-order valence-corrected chi connectivity index (χ1v) is 7.02. The second-order valence-electron chi connectivity index (χ2n) is 6.40. The zero-order valence-electron chi connectivity index (χ0n) is 12.2. The van der Waals surface area contributed by atoms with Gasteiger partial charge in [0.25, 0.3) is 0 Å². The van der Waals surface area contributed by atoms with Gasteiger partial charge in [0.1, 0.15) is 6.54 Å². The fourth-order valence-electron chi connectivity index (χ4n) is 2.62. The van der Waals surface area contributed by atoms with Crippen LogP contribution in [0.25, 0.3) is 0 Å². The van der Waals surface area contributed by atoms with Crippen molar-refractivity contribution in [3.63, 3.8) is 0 Å². The predicted octanol–water partition coefficient (Wildman–Crippen LogP) is 1.61. The molecule has 3 N–H and O–H groups in total. The molecule has 0 aliphatic heterocycles. The van der Waals surface area contributed by atoms with Crippen LogP contribution < -0.4 is 5.73 Å². The standard InChI is InChI=1S/C14H26N2O3/c1-14(2,3)16(9-12(17)18)13(19)10-7-5-4-6-8-11(10)15/h10-11H,4-9,15H2,1-3H3,(H,17,18). The van der Waals surface area contributed by atoms with E-state index in [-0.39, 0.29) is 24.4 Å². The number of carboxylic acids is 1. The molecule has 0 radical (unpaired) electrons. The number of carbonyl (C=O) groups excluding carboxylic acids is 1. The highest BCUT2D eigenvalue weighted by Gasteiger charge is 2.36. The van der Waals surface area contributed by atoms with E-state index in [2.05, 4.69) is 0 Å². The average Bonchev–Trinajstić information content (AvgIpc) is 2.48. The molecular weight excluding hydrogens is 244 g/mol. The Morgan fingerprint density at radius 1 is 1.21 bits per heavy atom. The summed E-state index contributed by atoms with van der Waals surface area (Å²) in [6.07, 6.45) is 4.77. The summed E-state index contributed by atoms with van der Waals surface area (Å²) in [7, 11) is 0. The van der Waals surface area contributed by atoms with Crippen LogP contribution in [-0.4, -0.2) is 40.0 Å². The van der Waals surface area contributed by atoms with Gasteiger partial charge < -0.3 is 15.7 Å². The molecule has 1 aliphatic rings. The number of nitrogens with two attached hydrogens (primary N) is 1. The van der Waals surface area contributed by atoms with Crippen LogP contribution >= 0.6 is 0 Å². The van der Waals surface area contributed by atoms with Gasteiger partial charge in [0.05, 0.1) is 5.92 Å². The Bertz CT molecular complexity index is 336. The molecule has 2 unspecified atom stereocenters. The summed E-state index contributed by atoms with van der Waals surface area (Å²) in [4.78, 5) is 25.0. The van der Waals surface area contributed by atoms with Crippen molar-refractivity contribution in [2.45, 2.75) is 64.5 Å². The van der Waals surface area contributed by atoms with Crippen LogP contribution in [-0.2, 0) is 9.59 Å². The van der Waals surface area contributed by atoms with Crippen LogP contribution in [0.3, 0.4) is 0 Å². The molecule has 1 rings (SSSR count). The van der Waals surface area contributed by atoms with Gasteiger partial charge >= 0.3 is 5.97 Å². The lowest BCUT2D eigenvalue weighted by Gasteiger charge is -2.38. The highest BCUT2D eigenvalue weighted by molar-refractivity contribution is 5.84. The van der Waals surface area contributed by atoms with Crippen LogP contribution in [0.4, 0.5) is 0 Å². The third-order valence-electron chi connectivity index (χ3n) is 3.76. The van der Waals surface area contributed by atoms with Crippen molar-refractivity contribution in [2.75, 3.05) is 6.54 Å². The summed E-state index contributed by atoms with van der Waals surface area (Å²) in [5.41, 5.74) is 5.60. The highest BCUT2D eigenvalue weighted by atomic mass is 16.4. The van der Waals surface area contributed by atoms with Crippen molar-refractivity contribution >= 4 is 11.9 Å². The molecule has 0 saturated heterocycles. The van der Waals surface area contributed by atoms with Crippen molar-refractivity contribution in [1.29, 1.82) is 0 Å². The quantitative estimate of drug-likeness (QED) is 0.763. The molecule has 1 aliphatic carbocycles. The van der Waals surface area contributed by atoms with Crippen molar-refractivity contribution < 1.29 is 14.7 Å². The summed E-state index contributed by atoms with van der Waals surface area (Å²) >= 11 is 0. The minimum atomic E-state index is -0.981. The summed E-state index contributed by atoms with van der Waals surface area (Å²) in [6, 6.07) is -0.145. The molecule has 0 aromatic carbocycles. The molecule has 0 bridgehead atoms.